The van der Waals surface area contributed by atoms with Crippen LogP contribution in [0.15, 0.2) is 17.8 Å². The molecule has 2 unspecified atom stereocenters. The van der Waals surface area contributed by atoms with Crippen LogP contribution >= 0.6 is 11.3 Å². The van der Waals surface area contributed by atoms with Gasteiger partial charge in [-0.25, -0.2) is 4.98 Å². The summed E-state index contributed by atoms with van der Waals surface area (Å²) in [4.78, 5) is 8.35. The van der Waals surface area contributed by atoms with Gasteiger partial charge in [-0.15, -0.1) is 11.3 Å². The fourth-order valence-electron chi connectivity index (χ4n) is 2.82. The van der Waals surface area contributed by atoms with E-state index in [9.17, 15) is 0 Å². The van der Waals surface area contributed by atoms with E-state index >= 15 is 0 Å². The lowest BCUT2D eigenvalue weighted by atomic mass is 10.1. The van der Waals surface area contributed by atoms with E-state index in [1.54, 1.807) is 11.3 Å². The average Bonchev–Trinajstić information content (AvgIpc) is 2.94. The molecule has 1 saturated heterocycles. The van der Waals surface area contributed by atoms with Gasteiger partial charge in [-0.3, -0.25) is 9.30 Å². The van der Waals surface area contributed by atoms with Crippen molar-refractivity contribution in [1.29, 1.82) is 0 Å². The fourth-order valence-corrected chi connectivity index (χ4v) is 3.54. The van der Waals surface area contributed by atoms with Gasteiger partial charge >= 0.3 is 0 Å². The largest absolute Gasteiger partial charge is 0.311 e. The Morgan fingerprint density at radius 1 is 1.53 bits per heavy atom. The van der Waals surface area contributed by atoms with Gasteiger partial charge in [0.1, 0.15) is 0 Å². The van der Waals surface area contributed by atoms with E-state index in [0.717, 1.165) is 24.6 Å². The maximum atomic E-state index is 4.69. The molecule has 3 heterocycles. The first-order chi connectivity index (χ1) is 9.26. The van der Waals surface area contributed by atoms with Crippen molar-refractivity contribution in [3.05, 3.63) is 23.5 Å². The Bertz CT molecular complexity index is 504. The normalized spacial score (nSPS) is 25.2. The Morgan fingerprint density at radius 3 is 3.21 bits per heavy atom. The molecule has 1 N–H and O–H groups in total. The molecule has 0 aliphatic carbocycles. The third-order valence-electron chi connectivity index (χ3n) is 3.93. The molecule has 0 amide bonds. The van der Waals surface area contributed by atoms with Crippen molar-refractivity contribution in [2.75, 3.05) is 13.1 Å². The number of hydrogen-bond acceptors (Lipinski definition) is 4. The van der Waals surface area contributed by atoms with E-state index in [-0.39, 0.29) is 0 Å². The van der Waals surface area contributed by atoms with Crippen LogP contribution < -0.4 is 5.32 Å². The van der Waals surface area contributed by atoms with Gasteiger partial charge < -0.3 is 5.32 Å². The number of hydrogen-bond donors (Lipinski definition) is 1. The second kappa shape index (κ2) is 5.61. The zero-order chi connectivity index (χ0) is 13.2. The molecule has 2 atom stereocenters. The molecule has 2 aromatic heterocycles. The van der Waals surface area contributed by atoms with Crippen molar-refractivity contribution in [1.82, 2.24) is 19.6 Å². The zero-order valence-corrected chi connectivity index (χ0v) is 12.5. The van der Waals surface area contributed by atoms with Gasteiger partial charge in [-0.05, 0) is 13.3 Å². The number of nitrogens with zero attached hydrogens (tertiary/aromatic N) is 3. The predicted octanol–water partition coefficient (Wildman–Crippen LogP) is 2.36. The summed E-state index contributed by atoms with van der Waals surface area (Å²) >= 11 is 1.70. The van der Waals surface area contributed by atoms with E-state index < -0.39 is 0 Å². The number of fused-ring (bicyclic) bond motifs is 1. The third kappa shape index (κ3) is 2.83. The maximum Gasteiger partial charge on any atom is 0.193 e. The molecule has 3 rings (SSSR count). The monoisotopic (exact) mass is 278 g/mol. The van der Waals surface area contributed by atoms with Gasteiger partial charge in [0.2, 0.25) is 0 Å². The predicted molar refractivity (Wildman–Crippen MR) is 79.6 cm³/mol. The summed E-state index contributed by atoms with van der Waals surface area (Å²) in [5.74, 6) is 0. The molecule has 104 valence electrons. The smallest absolute Gasteiger partial charge is 0.193 e. The fraction of sp³-hybridized carbons (Fsp3) is 0.643. The minimum absolute atomic E-state index is 0.591. The van der Waals surface area contributed by atoms with Gasteiger partial charge in [0.15, 0.2) is 4.96 Å². The van der Waals surface area contributed by atoms with E-state index in [0.29, 0.717) is 12.1 Å². The SMILES string of the molecule is CCCC1CN(Cc2cn3ccsc3n2)C(C)CN1. The summed E-state index contributed by atoms with van der Waals surface area (Å²) in [6, 6.07) is 1.23. The van der Waals surface area contributed by atoms with Crippen molar-refractivity contribution in [3.63, 3.8) is 0 Å². The third-order valence-corrected chi connectivity index (χ3v) is 4.70. The summed E-state index contributed by atoms with van der Waals surface area (Å²) in [5.41, 5.74) is 1.19. The molecule has 1 fully saturated rings. The van der Waals surface area contributed by atoms with Crippen LogP contribution in [-0.2, 0) is 6.54 Å². The number of aromatic nitrogens is 2. The van der Waals surface area contributed by atoms with Gasteiger partial charge in [0, 0.05) is 49.5 Å². The van der Waals surface area contributed by atoms with Crippen molar-refractivity contribution >= 4 is 16.3 Å². The zero-order valence-electron chi connectivity index (χ0n) is 11.7. The molecule has 0 bridgehead atoms. The van der Waals surface area contributed by atoms with E-state index in [4.69, 9.17) is 4.98 Å². The molecule has 4 nitrogen and oxygen atoms in total. The molecule has 0 spiro atoms. The number of piperazine rings is 1. The van der Waals surface area contributed by atoms with Gasteiger partial charge in [0.25, 0.3) is 0 Å². The molecule has 1 aliphatic rings. The van der Waals surface area contributed by atoms with Crippen LogP contribution in [0, 0.1) is 0 Å². The summed E-state index contributed by atoms with van der Waals surface area (Å²) in [6.45, 7) is 7.76. The second-order valence-electron chi connectivity index (χ2n) is 5.50. The summed E-state index contributed by atoms with van der Waals surface area (Å²) < 4.78 is 2.12. The molecule has 1 aliphatic heterocycles. The van der Waals surface area contributed by atoms with Crippen LogP contribution in [0.25, 0.3) is 4.96 Å². The molecular formula is C14H22N4S. The van der Waals surface area contributed by atoms with Crippen molar-refractivity contribution in [3.8, 4) is 0 Å². The van der Waals surface area contributed by atoms with Crippen molar-refractivity contribution in [2.45, 2.75) is 45.3 Å². The second-order valence-corrected chi connectivity index (χ2v) is 6.37. The minimum Gasteiger partial charge on any atom is -0.311 e. The van der Waals surface area contributed by atoms with E-state index in [1.165, 1.54) is 18.5 Å². The molecule has 5 heteroatoms. The average molecular weight is 278 g/mol. The Labute approximate surface area is 118 Å². The molecule has 0 saturated carbocycles. The van der Waals surface area contributed by atoms with Crippen LogP contribution in [0.5, 0.6) is 0 Å². The lowest BCUT2D eigenvalue weighted by Crippen LogP contribution is -2.54. The van der Waals surface area contributed by atoms with Crippen LogP contribution in [0.2, 0.25) is 0 Å². The van der Waals surface area contributed by atoms with Gasteiger partial charge in [0.05, 0.1) is 5.69 Å². The topological polar surface area (TPSA) is 32.6 Å². The lowest BCUT2D eigenvalue weighted by Gasteiger charge is -2.38. The first-order valence-corrected chi connectivity index (χ1v) is 8.02. The summed E-state index contributed by atoms with van der Waals surface area (Å²) in [7, 11) is 0. The van der Waals surface area contributed by atoms with E-state index in [2.05, 4.69) is 46.2 Å². The highest BCUT2D eigenvalue weighted by Crippen LogP contribution is 2.16. The Hall–Kier alpha value is -0.910. The summed E-state index contributed by atoms with van der Waals surface area (Å²) in [5, 5.41) is 5.72. The quantitative estimate of drug-likeness (QED) is 0.932. The Balaban J connectivity index is 1.68. The van der Waals surface area contributed by atoms with Crippen molar-refractivity contribution in [2.24, 2.45) is 0 Å². The van der Waals surface area contributed by atoms with Crippen LogP contribution in [0.4, 0.5) is 0 Å². The first-order valence-electron chi connectivity index (χ1n) is 7.14. The molecule has 0 radical (unpaired) electrons. The van der Waals surface area contributed by atoms with Gasteiger partial charge in [-0.1, -0.05) is 13.3 Å². The molecular weight excluding hydrogens is 256 g/mol. The highest BCUT2D eigenvalue weighted by atomic mass is 32.1. The molecule has 19 heavy (non-hydrogen) atoms. The highest BCUT2D eigenvalue weighted by Gasteiger charge is 2.24. The van der Waals surface area contributed by atoms with Gasteiger partial charge in [-0.2, -0.15) is 0 Å². The first kappa shape index (κ1) is 13.1. The number of nitrogens with one attached hydrogen (secondary N) is 1. The van der Waals surface area contributed by atoms with Crippen molar-refractivity contribution < 1.29 is 0 Å². The number of imidazole rings is 1. The Morgan fingerprint density at radius 2 is 2.42 bits per heavy atom. The lowest BCUT2D eigenvalue weighted by molar-refractivity contribution is 0.128. The van der Waals surface area contributed by atoms with E-state index in [1.807, 2.05) is 0 Å². The standard InChI is InChI=1S/C14H22N4S/c1-3-4-12-8-18(11(2)7-15-12)10-13-9-17-5-6-19-14(17)16-13/h5-6,9,11-12,15H,3-4,7-8,10H2,1-2H3. The van der Waals surface area contributed by atoms with Crippen LogP contribution in [-0.4, -0.2) is 39.5 Å². The van der Waals surface area contributed by atoms with Crippen LogP contribution in [0.1, 0.15) is 32.4 Å². The molecule has 2 aromatic rings. The molecule has 0 aromatic carbocycles. The summed E-state index contributed by atoms with van der Waals surface area (Å²) in [6.07, 6.45) is 6.76. The maximum absolute atomic E-state index is 4.69. The Kier molecular flexibility index (Phi) is 3.86. The number of rotatable bonds is 4. The number of thiazole rings is 1. The minimum atomic E-state index is 0.591. The highest BCUT2D eigenvalue weighted by molar-refractivity contribution is 7.15. The van der Waals surface area contributed by atoms with Crippen LogP contribution in [0.3, 0.4) is 0 Å².